The number of hydrogen-bond acceptors (Lipinski definition) is 3. The Morgan fingerprint density at radius 1 is 1.20 bits per heavy atom. The summed E-state index contributed by atoms with van der Waals surface area (Å²) in [7, 11) is 0. The van der Waals surface area contributed by atoms with Crippen LogP contribution in [-0.4, -0.2) is 34.1 Å². The highest BCUT2D eigenvalue weighted by Gasteiger charge is 2.21. The number of aliphatic carboxylic acids is 2. The molecular formula is C14H17NO5. The lowest BCUT2D eigenvalue weighted by Gasteiger charge is -2.15. The number of benzene rings is 1. The Bertz CT molecular complexity index is 512. The largest absolute Gasteiger partial charge is 0.481 e. The molecule has 0 saturated heterocycles. The van der Waals surface area contributed by atoms with E-state index >= 15 is 0 Å². The Morgan fingerprint density at radius 2 is 1.85 bits per heavy atom. The molecule has 0 aliphatic carbocycles. The van der Waals surface area contributed by atoms with Gasteiger partial charge in [0.25, 0.3) is 5.91 Å². The van der Waals surface area contributed by atoms with Gasteiger partial charge in [-0.1, -0.05) is 18.2 Å². The molecule has 1 amide bonds. The summed E-state index contributed by atoms with van der Waals surface area (Å²) in [5.41, 5.74) is 1.16. The lowest BCUT2D eigenvalue weighted by atomic mass is 10.1. The maximum atomic E-state index is 12.0. The first-order chi connectivity index (χ1) is 9.41. The van der Waals surface area contributed by atoms with Gasteiger partial charge in [0, 0.05) is 12.0 Å². The van der Waals surface area contributed by atoms with Gasteiger partial charge in [-0.15, -0.1) is 0 Å². The van der Waals surface area contributed by atoms with Crippen molar-refractivity contribution in [3.63, 3.8) is 0 Å². The summed E-state index contributed by atoms with van der Waals surface area (Å²) in [6.07, 6.45) is 0.156. The third-order valence-corrected chi connectivity index (χ3v) is 2.88. The van der Waals surface area contributed by atoms with Crippen LogP contribution in [0.4, 0.5) is 0 Å². The average Bonchev–Trinajstić information content (AvgIpc) is 2.37. The first kappa shape index (κ1) is 15.7. The number of rotatable bonds is 7. The smallest absolute Gasteiger partial charge is 0.326 e. The first-order valence-corrected chi connectivity index (χ1v) is 6.23. The van der Waals surface area contributed by atoms with Gasteiger partial charge >= 0.3 is 11.9 Å². The highest BCUT2D eigenvalue weighted by molar-refractivity contribution is 5.97. The molecule has 0 aliphatic rings. The number of hydrogen-bond donors (Lipinski definition) is 3. The van der Waals surface area contributed by atoms with Crippen LogP contribution in [0.1, 0.15) is 35.2 Å². The molecule has 6 nitrogen and oxygen atoms in total. The second kappa shape index (κ2) is 7.28. The maximum absolute atomic E-state index is 12.0. The van der Waals surface area contributed by atoms with Crippen molar-refractivity contribution in [2.75, 3.05) is 0 Å². The predicted octanol–water partition coefficient (Wildman–Crippen LogP) is 1.43. The van der Waals surface area contributed by atoms with Crippen LogP contribution in [0.5, 0.6) is 0 Å². The normalized spacial score (nSPS) is 11.7. The van der Waals surface area contributed by atoms with Crippen LogP contribution in [0.3, 0.4) is 0 Å². The molecule has 0 aliphatic heterocycles. The van der Waals surface area contributed by atoms with Gasteiger partial charge in [-0.05, 0) is 31.4 Å². The van der Waals surface area contributed by atoms with Crippen LogP contribution in [0.25, 0.3) is 0 Å². The van der Waals surface area contributed by atoms with E-state index in [0.29, 0.717) is 5.56 Å². The van der Waals surface area contributed by atoms with Crippen molar-refractivity contribution < 1.29 is 24.6 Å². The summed E-state index contributed by atoms with van der Waals surface area (Å²) in [5.74, 6) is -2.62. The molecule has 0 spiro atoms. The molecule has 108 valence electrons. The van der Waals surface area contributed by atoms with Gasteiger partial charge in [0.2, 0.25) is 0 Å². The standard InChI is InChI=1S/C14H17NO5/c1-9-5-2-3-6-10(9)13(18)15-11(14(19)20)7-4-8-12(16)17/h2-3,5-6,11H,4,7-8H2,1H3,(H,15,18)(H,16,17)(H,19,20). The first-order valence-electron chi connectivity index (χ1n) is 6.23. The Balaban J connectivity index is 2.66. The third-order valence-electron chi connectivity index (χ3n) is 2.88. The van der Waals surface area contributed by atoms with E-state index < -0.39 is 23.9 Å². The van der Waals surface area contributed by atoms with E-state index in [4.69, 9.17) is 10.2 Å². The van der Waals surface area contributed by atoms with Crippen LogP contribution < -0.4 is 5.32 Å². The quantitative estimate of drug-likeness (QED) is 0.700. The molecule has 0 saturated carbocycles. The van der Waals surface area contributed by atoms with Crippen molar-refractivity contribution in [2.45, 2.75) is 32.2 Å². The number of carbonyl (C=O) groups is 3. The topological polar surface area (TPSA) is 104 Å². The highest BCUT2D eigenvalue weighted by Crippen LogP contribution is 2.08. The lowest BCUT2D eigenvalue weighted by Crippen LogP contribution is -2.41. The van der Waals surface area contributed by atoms with E-state index in [9.17, 15) is 14.4 Å². The van der Waals surface area contributed by atoms with Crippen LogP contribution in [0, 0.1) is 6.92 Å². The number of amides is 1. The predicted molar refractivity (Wildman–Crippen MR) is 71.6 cm³/mol. The summed E-state index contributed by atoms with van der Waals surface area (Å²) >= 11 is 0. The Labute approximate surface area is 116 Å². The number of carboxylic acids is 2. The molecule has 0 aromatic heterocycles. The minimum absolute atomic E-state index is 0.0826. The summed E-state index contributed by atoms with van der Waals surface area (Å²) in [6.45, 7) is 1.76. The summed E-state index contributed by atoms with van der Waals surface area (Å²) < 4.78 is 0. The van der Waals surface area contributed by atoms with E-state index in [1.807, 2.05) is 0 Å². The molecule has 1 aromatic rings. The molecule has 1 rings (SSSR count). The van der Waals surface area contributed by atoms with E-state index in [1.165, 1.54) is 0 Å². The van der Waals surface area contributed by atoms with Crippen LogP contribution in [-0.2, 0) is 9.59 Å². The molecule has 0 bridgehead atoms. The van der Waals surface area contributed by atoms with Gasteiger partial charge in [0.15, 0.2) is 0 Å². The van der Waals surface area contributed by atoms with Crippen molar-refractivity contribution in [1.29, 1.82) is 0 Å². The Kier molecular flexibility index (Phi) is 5.71. The van der Waals surface area contributed by atoms with E-state index in [1.54, 1.807) is 31.2 Å². The second-order valence-electron chi connectivity index (χ2n) is 4.47. The van der Waals surface area contributed by atoms with Crippen molar-refractivity contribution in [3.8, 4) is 0 Å². The van der Waals surface area contributed by atoms with Crippen molar-refractivity contribution in [2.24, 2.45) is 0 Å². The summed E-state index contributed by atoms with van der Waals surface area (Å²) in [6, 6.07) is 5.77. The molecular weight excluding hydrogens is 262 g/mol. The number of aryl methyl sites for hydroxylation is 1. The molecule has 1 aromatic carbocycles. The number of carbonyl (C=O) groups excluding carboxylic acids is 1. The van der Waals surface area contributed by atoms with Crippen LogP contribution in [0.2, 0.25) is 0 Å². The molecule has 0 fully saturated rings. The van der Waals surface area contributed by atoms with Crippen molar-refractivity contribution in [3.05, 3.63) is 35.4 Å². The summed E-state index contributed by atoms with van der Waals surface area (Å²) in [4.78, 5) is 33.5. The maximum Gasteiger partial charge on any atom is 0.326 e. The Morgan fingerprint density at radius 3 is 2.40 bits per heavy atom. The fourth-order valence-electron chi connectivity index (χ4n) is 1.78. The fraction of sp³-hybridized carbons (Fsp3) is 0.357. The summed E-state index contributed by atoms with van der Waals surface area (Å²) in [5, 5.41) is 20.0. The molecule has 1 unspecified atom stereocenters. The molecule has 6 heteroatoms. The molecule has 0 heterocycles. The monoisotopic (exact) mass is 279 g/mol. The highest BCUT2D eigenvalue weighted by atomic mass is 16.4. The molecule has 1 atom stereocenters. The Hall–Kier alpha value is -2.37. The van der Waals surface area contributed by atoms with E-state index in [-0.39, 0.29) is 19.3 Å². The second-order valence-corrected chi connectivity index (χ2v) is 4.47. The van der Waals surface area contributed by atoms with Crippen molar-refractivity contribution in [1.82, 2.24) is 5.32 Å². The van der Waals surface area contributed by atoms with Gasteiger partial charge < -0.3 is 15.5 Å². The minimum atomic E-state index is -1.17. The molecule has 0 radical (unpaired) electrons. The van der Waals surface area contributed by atoms with Crippen LogP contribution >= 0.6 is 0 Å². The zero-order valence-electron chi connectivity index (χ0n) is 11.1. The van der Waals surface area contributed by atoms with Gasteiger partial charge in [-0.3, -0.25) is 9.59 Å². The zero-order valence-corrected chi connectivity index (χ0v) is 11.1. The van der Waals surface area contributed by atoms with Gasteiger partial charge in [0.05, 0.1) is 0 Å². The van der Waals surface area contributed by atoms with Gasteiger partial charge in [-0.25, -0.2) is 4.79 Å². The zero-order chi connectivity index (χ0) is 15.1. The third kappa shape index (κ3) is 4.72. The van der Waals surface area contributed by atoms with E-state index in [0.717, 1.165) is 5.56 Å². The van der Waals surface area contributed by atoms with Gasteiger partial charge in [-0.2, -0.15) is 0 Å². The van der Waals surface area contributed by atoms with E-state index in [2.05, 4.69) is 5.32 Å². The fourth-order valence-corrected chi connectivity index (χ4v) is 1.78. The number of carboxylic acid groups (broad SMARTS) is 2. The lowest BCUT2D eigenvalue weighted by molar-refractivity contribution is -0.140. The SMILES string of the molecule is Cc1ccccc1C(=O)NC(CCCC(=O)O)C(=O)O. The van der Waals surface area contributed by atoms with Gasteiger partial charge in [0.1, 0.15) is 6.04 Å². The van der Waals surface area contributed by atoms with Crippen molar-refractivity contribution >= 4 is 17.8 Å². The van der Waals surface area contributed by atoms with Crippen LogP contribution in [0.15, 0.2) is 24.3 Å². The average molecular weight is 279 g/mol. The molecule has 3 N–H and O–H groups in total. The molecule has 20 heavy (non-hydrogen) atoms. The number of nitrogens with one attached hydrogen (secondary N) is 1. The minimum Gasteiger partial charge on any atom is -0.481 e.